The number of hydrogen-bond donors (Lipinski definition) is 1. The number of methoxy groups -OCH3 is 2. The fourth-order valence-corrected chi connectivity index (χ4v) is 4.04. The first kappa shape index (κ1) is 23.0. The molecule has 0 aliphatic heterocycles. The Labute approximate surface area is 198 Å². The minimum absolute atomic E-state index is 0.274. The van der Waals surface area contributed by atoms with Gasteiger partial charge in [-0.25, -0.2) is 0 Å². The smallest absolute Gasteiger partial charge is 0.277 e. The van der Waals surface area contributed by atoms with E-state index in [9.17, 15) is 9.59 Å². The first-order chi connectivity index (χ1) is 16.3. The van der Waals surface area contributed by atoms with Gasteiger partial charge in [-0.05, 0) is 43.2 Å². The molecule has 1 amide bonds. The summed E-state index contributed by atoms with van der Waals surface area (Å²) in [5, 5.41) is 3.67. The third-order valence-electron chi connectivity index (χ3n) is 5.93. The molecule has 0 spiro atoms. The van der Waals surface area contributed by atoms with Crippen molar-refractivity contribution in [2.24, 2.45) is 7.05 Å². The summed E-state index contributed by atoms with van der Waals surface area (Å²) in [5.74, 6) is 0.884. The maximum absolute atomic E-state index is 13.7. The summed E-state index contributed by atoms with van der Waals surface area (Å²) in [6.07, 6.45) is 1.58. The lowest BCUT2D eigenvalue weighted by molar-refractivity contribution is 0.0931. The molecule has 4 rings (SSSR count). The van der Waals surface area contributed by atoms with Crippen LogP contribution in [0.2, 0.25) is 0 Å². The first-order valence-electron chi connectivity index (χ1n) is 10.9. The van der Waals surface area contributed by atoms with Crippen LogP contribution >= 0.6 is 0 Å². The molecule has 0 bridgehead atoms. The lowest BCUT2D eigenvalue weighted by Gasteiger charge is -2.20. The van der Waals surface area contributed by atoms with E-state index in [1.807, 2.05) is 56.3 Å². The van der Waals surface area contributed by atoms with Crippen LogP contribution in [0.15, 0.2) is 65.6 Å². The second-order valence-electron chi connectivity index (χ2n) is 8.19. The van der Waals surface area contributed by atoms with Gasteiger partial charge in [-0.15, -0.1) is 0 Å². The van der Waals surface area contributed by atoms with Gasteiger partial charge in [0.25, 0.3) is 11.5 Å². The number of hydrogen-bond acceptors (Lipinski definition) is 5. The number of pyridine rings is 2. The molecule has 2 heterocycles. The van der Waals surface area contributed by atoms with Gasteiger partial charge in [0.05, 0.1) is 20.3 Å². The number of nitrogens with zero attached hydrogens (tertiary/aromatic N) is 2. The Morgan fingerprint density at radius 3 is 2.29 bits per heavy atom. The highest BCUT2D eigenvalue weighted by atomic mass is 16.5. The van der Waals surface area contributed by atoms with Crippen LogP contribution in [-0.2, 0) is 7.05 Å². The number of nitrogens with one attached hydrogen (secondary N) is 1. The van der Waals surface area contributed by atoms with Gasteiger partial charge in [0.2, 0.25) is 0 Å². The van der Waals surface area contributed by atoms with Crippen LogP contribution in [0.1, 0.15) is 34.6 Å². The molecule has 0 saturated heterocycles. The zero-order valence-electron chi connectivity index (χ0n) is 19.9. The van der Waals surface area contributed by atoms with Gasteiger partial charge in [0.15, 0.2) is 0 Å². The predicted molar refractivity (Wildman–Crippen MR) is 133 cm³/mol. The van der Waals surface area contributed by atoms with E-state index < -0.39 is 0 Å². The zero-order valence-corrected chi connectivity index (χ0v) is 19.9. The highest BCUT2D eigenvalue weighted by molar-refractivity contribution is 6.07. The van der Waals surface area contributed by atoms with Crippen molar-refractivity contribution in [3.05, 3.63) is 88.0 Å². The molecule has 0 aliphatic carbocycles. The lowest BCUT2D eigenvalue weighted by atomic mass is 9.97. The molecular weight excluding hydrogens is 430 g/mol. The molecule has 4 aromatic rings. The molecular formula is C27H27N3O4. The minimum Gasteiger partial charge on any atom is -0.497 e. The number of carbonyl (C=O) groups excluding carboxylic acids is 1. The van der Waals surface area contributed by atoms with Crippen molar-refractivity contribution in [1.82, 2.24) is 14.9 Å². The number of rotatable bonds is 6. The van der Waals surface area contributed by atoms with E-state index in [-0.39, 0.29) is 23.2 Å². The minimum atomic E-state index is -0.373. The molecule has 2 aromatic heterocycles. The average Bonchev–Trinajstić information content (AvgIpc) is 2.86. The van der Waals surface area contributed by atoms with Crippen molar-refractivity contribution in [1.29, 1.82) is 0 Å². The van der Waals surface area contributed by atoms with Crippen LogP contribution in [-0.4, -0.2) is 29.7 Å². The highest BCUT2D eigenvalue weighted by Gasteiger charge is 2.24. The second-order valence-corrected chi connectivity index (χ2v) is 8.19. The third kappa shape index (κ3) is 4.24. The average molecular weight is 458 g/mol. The van der Waals surface area contributed by atoms with E-state index in [1.165, 1.54) is 4.57 Å². The van der Waals surface area contributed by atoms with Gasteiger partial charge < -0.3 is 19.4 Å². The Morgan fingerprint density at radius 2 is 1.68 bits per heavy atom. The van der Waals surface area contributed by atoms with Crippen molar-refractivity contribution in [2.45, 2.75) is 19.9 Å². The summed E-state index contributed by atoms with van der Waals surface area (Å²) in [6.45, 7) is 3.88. The van der Waals surface area contributed by atoms with Gasteiger partial charge >= 0.3 is 0 Å². The van der Waals surface area contributed by atoms with Crippen LogP contribution in [0.25, 0.3) is 22.0 Å². The number of benzene rings is 2. The van der Waals surface area contributed by atoms with Gasteiger partial charge in [0.1, 0.15) is 22.7 Å². The number of ether oxygens (including phenoxy) is 2. The number of fused-ring (bicyclic) bond motifs is 1. The molecule has 0 fully saturated rings. The lowest BCUT2D eigenvalue weighted by Crippen LogP contribution is -2.33. The first-order valence-corrected chi connectivity index (χ1v) is 10.9. The normalized spacial score (nSPS) is 11.8. The van der Waals surface area contributed by atoms with E-state index in [0.29, 0.717) is 28.0 Å². The Kier molecular flexibility index (Phi) is 6.36. The predicted octanol–water partition coefficient (Wildman–Crippen LogP) is 4.42. The highest BCUT2D eigenvalue weighted by Crippen LogP contribution is 2.31. The van der Waals surface area contributed by atoms with Crippen LogP contribution in [0.5, 0.6) is 11.5 Å². The van der Waals surface area contributed by atoms with Crippen molar-refractivity contribution < 1.29 is 14.3 Å². The van der Waals surface area contributed by atoms with Crippen LogP contribution in [0, 0.1) is 6.92 Å². The fourth-order valence-electron chi connectivity index (χ4n) is 4.04. The largest absolute Gasteiger partial charge is 0.497 e. The summed E-state index contributed by atoms with van der Waals surface area (Å²) in [5.41, 5.74) is 3.68. The monoisotopic (exact) mass is 457 g/mol. The van der Waals surface area contributed by atoms with Crippen molar-refractivity contribution >= 4 is 16.8 Å². The van der Waals surface area contributed by atoms with E-state index in [2.05, 4.69) is 10.3 Å². The molecule has 0 saturated carbocycles. The number of amides is 1. The summed E-state index contributed by atoms with van der Waals surface area (Å²) in [6, 6.07) is 16.6. The molecule has 34 heavy (non-hydrogen) atoms. The maximum Gasteiger partial charge on any atom is 0.277 e. The molecule has 7 nitrogen and oxygen atoms in total. The summed E-state index contributed by atoms with van der Waals surface area (Å²) >= 11 is 0. The maximum atomic E-state index is 13.7. The zero-order chi connectivity index (χ0) is 24.4. The van der Waals surface area contributed by atoms with Crippen LogP contribution < -0.4 is 20.3 Å². The van der Waals surface area contributed by atoms with Crippen molar-refractivity contribution in [2.75, 3.05) is 14.2 Å². The standard InChI is InChI=1S/C27H27N3O4/c1-16-8-10-18(11-9-16)23-22-7-6-12-28-24(22)27(32)30(3)25(23)26(31)29-17(2)19-13-20(33-4)15-21(14-19)34-5/h6-15,17H,1-5H3,(H,29,31). The Bertz CT molecular complexity index is 1400. The Balaban J connectivity index is 1.85. The summed E-state index contributed by atoms with van der Waals surface area (Å²) in [4.78, 5) is 31.1. The second kappa shape index (κ2) is 9.39. The third-order valence-corrected chi connectivity index (χ3v) is 5.93. The van der Waals surface area contributed by atoms with Crippen LogP contribution in [0.4, 0.5) is 0 Å². The van der Waals surface area contributed by atoms with Gasteiger partial charge in [-0.3, -0.25) is 14.6 Å². The van der Waals surface area contributed by atoms with Crippen molar-refractivity contribution in [3.63, 3.8) is 0 Å². The molecule has 0 radical (unpaired) electrons. The molecule has 174 valence electrons. The van der Waals surface area contributed by atoms with E-state index in [1.54, 1.807) is 39.6 Å². The molecule has 7 heteroatoms. The summed E-state index contributed by atoms with van der Waals surface area (Å²) in [7, 11) is 4.76. The molecule has 1 atom stereocenters. The Morgan fingerprint density at radius 1 is 1.03 bits per heavy atom. The van der Waals surface area contributed by atoms with Gasteiger partial charge in [-0.1, -0.05) is 35.9 Å². The number of carbonyl (C=O) groups is 1. The quantitative estimate of drug-likeness (QED) is 0.464. The molecule has 1 N–H and O–H groups in total. The SMILES string of the molecule is COc1cc(OC)cc(C(C)NC(=O)c2c(-c3ccc(C)cc3)c3cccnc3c(=O)n2C)c1. The van der Waals surface area contributed by atoms with Gasteiger partial charge in [-0.2, -0.15) is 0 Å². The van der Waals surface area contributed by atoms with Crippen molar-refractivity contribution in [3.8, 4) is 22.6 Å². The summed E-state index contributed by atoms with van der Waals surface area (Å²) < 4.78 is 12.1. The Hall–Kier alpha value is -4.13. The van der Waals surface area contributed by atoms with Crippen LogP contribution in [0.3, 0.4) is 0 Å². The van der Waals surface area contributed by atoms with E-state index in [0.717, 1.165) is 16.7 Å². The molecule has 0 aliphatic rings. The fraction of sp³-hybridized carbons (Fsp3) is 0.222. The topological polar surface area (TPSA) is 82.5 Å². The molecule has 1 unspecified atom stereocenters. The van der Waals surface area contributed by atoms with Gasteiger partial charge in [0, 0.05) is 30.3 Å². The number of aryl methyl sites for hydroxylation is 1. The molecule has 2 aromatic carbocycles. The number of aromatic nitrogens is 2. The van der Waals surface area contributed by atoms with E-state index >= 15 is 0 Å². The van der Waals surface area contributed by atoms with E-state index in [4.69, 9.17) is 9.47 Å².